The quantitative estimate of drug-likeness (QED) is 0.547. The summed E-state index contributed by atoms with van der Waals surface area (Å²) in [6.07, 6.45) is 4.69. The largest absolute Gasteiger partial charge is 0.388 e. The SMILES string of the molecule is CC(C)(O)CON1C(C)(C)CC(OCCCC[SiH3])CC1(C)C. The van der Waals surface area contributed by atoms with Crippen LogP contribution in [0, 0.1) is 0 Å². The van der Waals surface area contributed by atoms with Crippen LogP contribution in [0.5, 0.6) is 0 Å². The Morgan fingerprint density at radius 2 is 1.68 bits per heavy atom. The Labute approximate surface area is 139 Å². The standard InChI is InChI=1S/C17H37NO3Si/c1-15(2)11-14(20-9-7-8-10-22)12-16(3,4)18(15)21-13-17(5,6)19/h14,19H,7-13H2,1-6,22H3. The lowest BCUT2D eigenvalue weighted by atomic mass is 9.80. The van der Waals surface area contributed by atoms with Crippen molar-refractivity contribution in [2.45, 2.75) is 96.1 Å². The number of hydrogen-bond donors (Lipinski definition) is 1. The van der Waals surface area contributed by atoms with E-state index in [9.17, 15) is 5.11 Å². The van der Waals surface area contributed by atoms with Gasteiger partial charge in [0, 0.05) is 27.9 Å². The van der Waals surface area contributed by atoms with Crippen LogP contribution in [-0.4, -0.2) is 56.4 Å². The Kier molecular flexibility index (Phi) is 7.08. The maximum atomic E-state index is 9.93. The van der Waals surface area contributed by atoms with Gasteiger partial charge in [-0.1, -0.05) is 12.5 Å². The average molecular weight is 332 g/mol. The van der Waals surface area contributed by atoms with E-state index in [1.807, 2.05) is 0 Å². The molecule has 1 saturated heterocycles. The molecule has 0 spiro atoms. The molecule has 132 valence electrons. The van der Waals surface area contributed by atoms with Crippen LogP contribution in [0.25, 0.3) is 0 Å². The number of rotatable bonds is 8. The van der Waals surface area contributed by atoms with Crippen molar-refractivity contribution in [3.05, 3.63) is 0 Å². The van der Waals surface area contributed by atoms with Crippen molar-refractivity contribution in [3.63, 3.8) is 0 Å². The molecule has 1 heterocycles. The highest BCUT2D eigenvalue weighted by atomic mass is 28.1. The van der Waals surface area contributed by atoms with Crippen molar-refractivity contribution < 1.29 is 14.7 Å². The van der Waals surface area contributed by atoms with E-state index in [4.69, 9.17) is 9.57 Å². The van der Waals surface area contributed by atoms with E-state index < -0.39 is 5.60 Å². The molecule has 0 aromatic heterocycles. The van der Waals surface area contributed by atoms with E-state index in [2.05, 4.69) is 32.8 Å². The van der Waals surface area contributed by atoms with Crippen LogP contribution in [0.4, 0.5) is 0 Å². The molecular formula is C17H37NO3Si. The van der Waals surface area contributed by atoms with Crippen molar-refractivity contribution in [3.8, 4) is 0 Å². The van der Waals surface area contributed by atoms with Gasteiger partial charge in [0.25, 0.3) is 0 Å². The number of unbranched alkanes of at least 4 members (excludes halogenated alkanes) is 1. The summed E-state index contributed by atoms with van der Waals surface area (Å²) < 4.78 is 6.13. The highest BCUT2D eigenvalue weighted by Gasteiger charge is 2.47. The summed E-state index contributed by atoms with van der Waals surface area (Å²) in [5.41, 5.74) is -1.02. The minimum absolute atomic E-state index is 0.102. The van der Waals surface area contributed by atoms with Gasteiger partial charge < -0.3 is 9.84 Å². The highest BCUT2D eigenvalue weighted by Crippen LogP contribution is 2.40. The van der Waals surface area contributed by atoms with Gasteiger partial charge in [-0.15, -0.1) is 0 Å². The van der Waals surface area contributed by atoms with Crippen molar-refractivity contribution in [2.75, 3.05) is 13.2 Å². The first-order chi connectivity index (χ1) is 9.98. The van der Waals surface area contributed by atoms with E-state index >= 15 is 0 Å². The molecule has 0 aromatic carbocycles. The van der Waals surface area contributed by atoms with Gasteiger partial charge in [0.2, 0.25) is 0 Å². The van der Waals surface area contributed by atoms with Gasteiger partial charge in [-0.05, 0) is 60.8 Å². The topological polar surface area (TPSA) is 41.9 Å². The Hall–Kier alpha value is 0.0569. The van der Waals surface area contributed by atoms with Gasteiger partial charge in [-0.3, -0.25) is 4.84 Å². The Morgan fingerprint density at radius 1 is 1.14 bits per heavy atom. The zero-order valence-corrected chi connectivity index (χ0v) is 17.7. The third-order valence-electron chi connectivity index (χ3n) is 4.20. The maximum absolute atomic E-state index is 9.93. The fraction of sp³-hybridized carbons (Fsp3) is 1.00. The molecule has 22 heavy (non-hydrogen) atoms. The lowest BCUT2D eigenvalue weighted by Crippen LogP contribution is -2.62. The van der Waals surface area contributed by atoms with Crippen molar-refractivity contribution in [1.82, 2.24) is 5.06 Å². The van der Waals surface area contributed by atoms with E-state index in [-0.39, 0.29) is 11.1 Å². The van der Waals surface area contributed by atoms with Crippen LogP contribution < -0.4 is 0 Å². The molecule has 4 nitrogen and oxygen atoms in total. The Morgan fingerprint density at radius 3 is 2.14 bits per heavy atom. The van der Waals surface area contributed by atoms with Gasteiger partial charge in [0.1, 0.15) is 0 Å². The predicted molar refractivity (Wildman–Crippen MR) is 95.2 cm³/mol. The maximum Gasteiger partial charge on any atom is 0.0967 e. The third kappa shape index (κ3) is 6.28. The predicted octanol–water partition coefficient (Wildman–Crippen LogP) is 2.29. The monoisotopic (exact) mass is 331 g/mol. The van der Waals surface area contributed by atoms with Crippen LogP contribution in [0.3, 0.4) is 0 Å². The van der Waals surface area contributed by atoms with E-state index in [0.29, 0.717) is 12.7 Å². The molecule has 5 heteroatoms. The smallest absolute Gasteiger partial charge is 0.0967 e. The van der Waals surface area contributed by atoms with Crippen molar-refractivity contribution >= 4 is 10.2 Å². The number of ether oxygens (including phenoxy) is 1. The average Bonchev–Trinajstić information content (AvgIpc) is 2.30. The van der Waals surface area contributed by atoms with Gasteiger partial charge >= 0.3 is 0 Å². The summed E-state index contributed by atoms with van der Waals surface area (Å²) >= 11 is 0. The number of hydroxylamine groups is 2. The fourth-order valence-electron chi connectivity index (χ4n) is 3.46. The molecule has 1 fully saturated rings. The van der Waals surface area contributed by atoms with Crippen LogP contribution in [0.2, 0.25) is 6.04 Å². The number of nitrogens with zero attached hydrogens (tertiary/aromatic N) is 1. The molecular weight excluding hydrogens is 294 g/mol. The molecule has 0 saturated carbocycles. The minimum atomic E-state index is -0.816. The zero-order valence-electron chi connectivity index (χ0n) is 15.7. The van der Waals surface area contributed by atoms with Gasteiger partial charge in [-0.2, -0.15) is 5.06 Å². The highest BCUT2D eigenvalue weighted by molar-refractivity contribution is 6.08. The van der Waals surface area contributed by atoms with Crippen molar-refractivity contribution in [2.24, 2.45) is 0 Å². The molecule has 0 bridgehead atoms. The van der Waals surface area contributed by atoms with Crippen LogP contribution in [-0.2, 0) is 9.57 Å². The van der Waals surface area contributed by atoms with E-state index in [1.54, 1.807) is 13.8 Å². The minimum Gasteiger partial charge on any atom is -0.388 e. The molecule has 0 amide bonds. The molecule has 1 aliphatic heterocycles. The van der Waals surface area contributed by atoms with Crippen LogP contribution in [0.15, 0.2) is 0 Å². The first-order valence-corrected chi connectivity index (χ1v) is 10.2. The second kappa shape index (κ2) is 7.75. The lowest BCUT2D eigenvalue weighted by molar-refractivity contribution is -0.308. The number of aliphatic hydroxyl groups is 1. The van der Waals surface area contributed by atoms with Crippen LogP contribution in [0.1, 0.15) is 67.2 Å². The second-order valence-corrected chi connectivity index (χ2v) is 9.61. The van der Waals surface area contributed by atoms with Crippen molar-refractivity contribution in [1.29, 1.82) is 0 Å². The molecule has 0 radical (unpaired) electrons. The summed E-state index contributed by atoms with van der Waals surface area (Å²) in [5.74, 6) is 0. The molecule has 0 unspecified atom stereocenters. The summed E-state index contributed by atoms with van der Waals surface area (Å²) in [6.45, 7) is 13.5. The first-order valence-electron chi connectivity index (χ1n) is 8.75. The Bertz CT molecular complexity index is 321. The molecule has 1 rings (SSSR count). The summed E-state index contributed by atoms with van der Waals surface area (Å²) in [4.78, 5) is 6.00. The van der Waals surface area contributed by atoms with Gasteiger partial charge in [0.05, 0.1) is 18.3 Å². The van der Waals surface area contributed by atoms with E-state index in [0.717, 1.165) is 19.4 Å². The lowest BCUT2D eigenvalue weighted by Gasteiger charge is -2.54. The normalized spacial score (nSPS) is 23.0. The first kappa shape index (κ1) is 20.1. The number of piperidine rings is 1. The molecule has 1 N–H and O–H groups in total. The van der Waals surface area contributed by atoms with Gasteiger partial charge in [0.15, 0.2) is 0 Å². The van der Waals surface area contributed by atoms with Crippen LogP contribution >= 0.6 is 0 Å². The molecule has 0 aliphatic carbocycles. The summed E-state index contributed by atoms with van der Waals surface area (Å²) in [7, 11) is 1.29. The summed E-state index contributed by atoms with van der Waals surface area (Å²) in [5, 5.41) is 12.0. The number of hydrogen-bond acceptors (Lipinski definition) is 4. The van der Waals surface area contributed by atoms with Gasteiger partial charge in [-0.25, -0.2) is 0 Å². The second-order valence-electron chi connectivity index (χ2n) is 8.61. The molecule has 0 aromatic rings. The molecule has 0 atom stereocenters. The van der Waals surface area contributed by atoms with E-state index in [1.165, 1.54) is 29.1 Å². The third-order valence-corrected chi connectivity index (χ3v) is 4.91. The Balaban J connectivity index is 2.63. The molecule has 1 aliphatic rings. The fourth-order valence-corrected chi connectivity index (χ4v) is 3.96. The zero-order chi connectivity index (χ0) is 17.0. The summed E-state index contributed by atoms with van der Waals surface area (Å²) in [6, 6.07) is 1.36.